The normalized spacial score (nSPS) is 13.7. The molecule has 0 N–H and O–H groups in total. The molecule has 97 heavy (non-hydrogen) atoms. The summed E-state index contributed by atoms with van der Waals surface area (Å²) >= 11 is 0. The summed E-state index contributed by atoms with van der Waals surface area (Å²) in [5, 5.41) is 9.71. The summed E-state index contributed by atoms with van der Waals surface area (Å²) in [6.45, 7) is 9.47. The number of fused-ring (bicyclic) bond motifs is 18. The molecule has 4 heterocycles. The van der Waals surface area contributed by atoms with Crippen LogP contribution in [0.3, 0.4) is 0 Å². The van der Waals surface area contributed by atoms with E-state index in [4.69, 9.17) is 9.97 Å². The van der Waals surface area contributed by atoms with Crippen molar-refractivity contribution in [3.8, 4) is 107 Å². The Morgan fingerprint density at radius 2 is 0.639 bits per heavy atom. The second-order valence-electron chi connectivity index (χ2n) is 28.0. The average molecular weight is 1240 g/mol. The monoisotopic (exact) mass is 1240 g/mol. The van der Waals surface area contributed by atoms with Crippen LogP contribution < -0.4 is 0 Å². The third-order valence-corrected chi connectivity index (χ3v) is 22.2. The van der Waals surface area contributed by atoms with Crippen molar-refractivity contribution in [3.05, 3.63) is 320 Å². The van der Waals surface area contributed by atoms with Crippen molar-refractivity contribution in [2.24, 2.45) is 0 Å². The van der Waals surface area contributed by atoms with Crippen molar-refractivity contribution in [2.45, 2.75) is 38.5 Å². The molecule has 21 rings (SSSR count). The van der Waals surface area contributed by atoms with Crippen molar-refractivity contribution < 1.29 is 0 Å². The van der Waals surface area contributed by atoms with Crippen LogP contribution in [0.2, 0.25) is 0 Å². The van der Waals surface area contributed by atoms with E-state index in [2.05, 4.69) is 339 Å². The lowest BCUT2D eigenvalue weighted by Crippen LogP contribution is -2.15. The Balaban J connectivity index is 0.734. The van der Waals surface area contributed by atoms with Crippen molar-refractivity contribution in [2.75, 3.05) is 0 Å². The predicted octanol–water partition coefficient (Wildman–Crippen LogP) is 23.8. The van der Waals surface area contributed by atoms with Gasteiger partial charge in [-0.05, 0) is 180 Å². The van der Waals surface area contributed by atoms with E-state index in [0.29, 0.717) is 5.82 Å². The molecular formula is C92H61N5. The van der Waals surface area contributed by atoms with Gasteiger partial charge in [-0.1, -0.05) is 228 Å². The molecule has 14 aromatic carbocycles. The molecule has 4 aromatic heterocycles. The van der Waals surface area contributed by atoms with E-state index in [-0.39, 0.29) is 10.8 Å². The minimum absolute atomic E-state index is 0.114. The van der Waals surface area contributed by atoms with Gasteiger partial charge in [0.05, 0.1) is 44.5 Å². The minimum Gasteiger partial charge on any atom is -0.309 e. The van der Waals surface area contributed by atoms with Gasteiger partial charge in [-0.15, -0.1) is 0 Å². The van der Waals surface area contributed by atoms with Gasteiger partial charge < -0.3 is 13.7 Å². The number of rotatable bonds is 7. The van der Waals surface area contributed by atoms with E-state index in [0.717, 1.165) is 61.5 Å². The fourth-order valence-corrected chi connectivity index (χ4v) is 17.6. The molecule has 0 atom stereocenters. The molecule has 0 radical (unpaired) electrons. The molecule has 0 fully saturated rings. The first-order valence-electron chi connectivity index (χ1n) is 33.9. The first-order chi connectivity index (χ1) is 47.6. The van der Waals surface area contributed by atoms with Crippen LogP contribution in [-0.2, 0) is 10.8 Å². The van der Waals surface area contributed by atoms with Gasteiger partial charge >= 0.3 is 0 Å². The summed E-state index contributed by atoms with van der Waals surface area (Å²) in [7, 11) is 0. The highest BCUT2D eigenvalue weighted by Gasteiger charge is 2.38. The van der Waals surface area contributed by atoms with Crippen LogP contribution in [0.25, 0.3) is 183 Å². The van der Waals surface area contributed by atoms with Gasteiger partial charge in [-0.25, -0.2) is 9.97 Å². The number of para-hydroxylation sites is 2. The topological polar surface area (TPSA) is 40.6 Å². The lowest BCUT2D eigenvalue weighted by Gasteiger charge is -2.22. The SMILES string of the molecule is CC1(C)c2ccccc2-c2ccc(-n3c4ccccc4c4cc(-c5ccc6c(c5)c5cc(-c7ccc8c(c7)c7ccccc7n8-c7ccc8c(c7)C(C)(C)c7ccccc7-8)ccc5n6-c5cccc(-c6nc(-c7ccccc7)c7c(n6)-c6cccc8cccc-7c68)c5)ccc43)cc21. The second-order valence-corrected chi connectivity index (χ2v) is 28.0. The van der Waals surface area contributed by atoms with Crippen molar-refractivity contribution in [1.29, 1.82) is 0 Å². The Morgan fingerprint density at radius 3 is 1.16 bits per heavy atom. The van der Waals surface area contributed by atoms with Crippen LogP contribution in [-0.4, -0.2) is 23.7 Å². The summed E-state index contributed by atoms with van der Waals surface area (Å²) < 4.78 is 7.39. The van der Waals surface area contributed by atoms with Crippen LogP contribution in [0.5, 0.6) is 0 Å². The largest absolute Gasteiger partial charge is 0.309 e. The Labute approximate surface area is 561 Å². The van der Waals surface area contributed by atoms with E-state index < -0.39 is 0 Å². The molecule has 0 unspecified atom stereocenters. The van der Waals surface area contributed by atoms with E-state index in [1.807, 2.05) is 0 Å². The number of aromatic nitrogens is 5. The van der Waals surface area contributed by atoms with Gasteiger partial charge in [0.1, 0.15) is 0 Å². The fraction of sp³-hybridized carbons (Fsp3) is 0.0652. The van der Waals surface area contributed by atoms with Crippen LogP contribution in [0.15, 0.2) is 297 Å². The Hall–Kier alpha value is -12.2. The van der Waals surface area contributed by atoms with Crippen LogP contribution in [0.4, 0.5) is 0 Å². The van der Waals surface area contributed by atoms with Crippen LogP contribution in [0, 0.1) is 0 Å². The molecule has 0 saturated heterocycles. The van der Waals surface area contributed by atoms with Gasteiger partial charge in [0, 0.05) is 82.5 Å². The number of nitrogens with zero attached hydrogens (tertiary/aromatic N) is 5. The first kappa shape index (κ1) is 54.2. The van der Waals surface area contributed by atoms with E-state index >= 15 is 0 Å². The molecule has 0 bridgehead atoms. The summed E-state index contributed by atoms with van der Waals surface area (Å²) in [6, 6.07) is 111. The first-order valence-corrected chi connectivity index (χ1v) is 33.9. The molecule has 3 aliphatic rings. The van der Waals surface area contributed by atoms with E-state index in [1.165, 1.54) is 138 Å². The van der Waals surface area contributed by atoms with Gasteiger partial charge in [-0.3, -0.25) is 0 Å². The Bertz CT molecular complexity index is 6220. The van der Waals surface area contributed by atoms with Crippen molar-refractivity contribution in [1.82, 2.24) is 23.7 Å². The molecule has 0 saturated carbocycles. The molecular weight excluding hydrogens is 1180 g/mol. The summed E-state index contributed by atoms with van der Waals surface area (Å²) in [5.41, 5.74) is 33.0. The maximum Gasteiger partial charge on any atom is 0.160 e. The highest BCUT2D eigenvalue weighted by atomic mass is 15.0. The lowest BCUT2D eigenvalue weighted by atomic mass is 9.82. The van der Waals surface area contributed by atoms with Gasteiger partial charge in [-0.2, -0.15) is 0 Å². The maximum atomic E-state index is 5.54. The molecule has 18 aromatic rings. The molecule has 0 spiro atoms. The summed E-state index contributed by atoms with van der Waals surface area (Å²) in [4.78, 5) is 11.1. The van der Waals surface area contributed by atoms with Crippen molar-refractivity contribution >= 4 is 76.2 Å². The standard InChI is InChI=1S/C92H61N5/c1-91(2)76-31-12-8-25-64(76)66-41-39-62(52-78(66)91)96-80-33-14-10-27-68(80)72-48-56(35-43-82(72)96)58-37-45-84-74(50-58)75-51-59(57-36-44-83-73(49-57)69-28-11-15-34-81(69)97(83)63-40-42-67-65-26-9-13-32-77(65)92(3,4)79(67)53-63)38-46-85(75)95(84)61-24-16-23-60(47-61)90-93-88(55-19-6-5-7-20-55)87-70-29-17-21-54-22-18-30-71(86(54)70)89(87)94-90/h5-53H,1-4H3. The quantitative estimate of drug-likeness (QED) is 0.160. The Kier molecular flexibility index (Phi) is 11.0. The highest BCUT2D eigenvalue weighted by Crippen LogP contribution is 2.54. The zero-order valence-corrected chi connectivity index (χ0v) is 54.0. The van der Waals surface area contributed by atoms with E-state index in [1.54, 1.807) is 0 Å². The zero-order valence-electron chi connectivity index (χ0n) is 54.0. The zero-order chi connectivity index (χ0) is 64.2. The predicted molar refractivity (Wildman–Crippen MR) is 404 cm³/mol. The van der Waals surface area contributed by atoms with E-state index in [9.17, 15) is 0 Å². The number of hydrogen-bond donors (Lipinski definition) is 0. The second kappa shape index (κ2) is 19.7. The third-order valence-electron chi connectivity index (χ3n) is 22.2. The van der Waals surface area contributed by atoms with Gasteiger partial charge in [0.25, 0.3) is 0 Å². The molecule has 0 aliphatic heterocycles. The van der Waals surface area contributed by atoms with Crippen molar-refractivity contribution in [3.63, 3.8) is 0 Å². The molecule has 454 valence electrons. The molecule has 3 aliphatic carbocycles. The van der Waals surface area contributed by atoms with Crippen LogP contribution >= 0.6 is 0 Å². The molecule has 5 nitrogen and oxygen atoms in total. The van der Waals surface area contributed by atoms with Gasteiger partial charge in [0.15, 0.2) is 5.82 Å². The highest BCUT2D eigenvalue weighted by molar-refractivity contribution is 6.18. The third kappa shape index (κ3) is 7.59. The summed E-state index contributed by atoms with van der Waals surface area (Å²) in [5.74, 6) is 0.694. The molecule has 0 amide bonds. The Morgan fingerprint density at radius 1 is 0.247 bits per heavy atom. The maximum absolute atomic E-state index is 5.54. The van der Waals surface area contributed by atoms with Gasteiger partial charge in [0.2, 0.25) is 0 Å². The molecule has 5 heteroatoms. The minimum atomic E-state index is -0.114. The number of benzene rings is 14. The smallest absolute Gasteiger partial charge is 0.160 e. The fourth-order valence-electron chi connectivity index (χ4n) is 17.6. The average Bonchev–Trinajstić information content (AvgIpc) is 1.55. The lowest BCUT2D eigenvalue weighted by molar-refractivity contribution is 0.660. The summed E-state index contributed by atoms with van der Waals surface area (Å²) in [6.07, 6.45) is 0. The number of hydrogen-bond acceptors (Lipinski definition) is 2. The van der Waals surface area contributed by atoms with Crippen LogP contribution in [0.1, 0.15) is 49.9 Å².